The number of benzene rings is 1. The molecule has 2 unspecified atom stereocenters. The van der Waals surface area contributed by atoms with Crippen LogP contribution in [0, 0.1) is 0 Å². The van der Waals surface area contributed by atoms with Gasteiger partial charge in [0, 0.05) is 31.7 Å². The smallest absolute Gasteiger partial charge is 0.321 e. The quantitative estimate of drug-likeness (QED) is 0.612. The van der Waals surface area contributed by atoms with Crippen molar-refractivity contribution in [3.63, 3.8) is 0 Å². The number of hydrogen-bond acceptors (Lipinski definition) is 3. The molecule has 6 heteroatoms. The predicted molar refractivity (Wildman–Crippen MR) is 103 cm³/mol. The molecule has 0 aliphatic carbocycles. The van der Waals surface area contributed by atoms with E-state index in [9.17, 15) is 9.59 Å². The van der Waals surface area contributed by atoms with Crippen LogP contribution in [-0.2, 0) is 0 Å². The summed E-state index contributed by atoms with van der Waals surface area (Å²) in [5.74, 6) is 0.0958. The Hall–Kier alpha value is -1.45. The number of ketones is 1. The first-order chi connectivity index (χ1) is 12.0. The molecule has 136 valence electrons. The summed E-state index contributed by atoms with van der Waals surface area (Å²) >= 11 is 0. The second-order valence-electron chi connectivity index (χ2n) is 6.91. The lowest BCUT2D eigenvalue weighted by Gasteiger charge is -2.33. The summed E-state index contributed by atoms with van der Waals surface area (Å²) in [5.41, 5.74) is 1.94. The van der Waals surface area contributed by atoms with Crippen molar-refractivity contribution < 1.29 is 9.59 Å². The van der Waals surface area contributed by atoms with Crippen molar-refractivity contribution in [3.8, 4) is 0 Å². The van der Waals surface area contributed by atoms with Gasteiger partial charge in [-0.25, -0.2) is 4.79 Å². The zero-order chi connectivity index (χ0) is 18.0. The van der Waals surface area contributed by atoms with Gasteiger partial charge in [-0.3, -0.25) is 9.69 Å². The van der Waals surface area contributed by atoms with E-state index in [-0.39, 0.29) is 18.0 Å². The molecule has 2 amide bonds. The van der Waals surface area contributed by atoms with Crippen LogP contribution in [0.4, 0.5) is 4.79 Å². The van der Waals surface area contributed by atoms with E-state index >= 15 is 0 Å². The van der Waals surface area contributed by atoms with Crippen molar-refractivity contribution in [1.29, 1.82) is 0 Å². The second kappa shape index (κ2) is 7.84. The number of hydrogen-bond donors (Lipinski definition) is 0. The molecule has 3 rings (SSSR count). The first kappa shape index (κ1) is 18.3. The van der Waals surface area contributed by atoms with Crippen LogP contribution in [0.3, 0.4) is 0 Å². The van der Waals surface area contributed by atoms with Crippen molar-refractivity contribution in [2.45, 2.75) is 32.9 Å². The lowest BCUT2D eigenvalue weighted by Crippen LogP contribution is -2.43. The molecule has 1 aromatic carbocycles. The summed E-state index contributed by atoms with van der Waals surface area (Å²) in [6.07, 6.45) is 3.24. The summed E-state index contributed by atoms with van der Waals surface area (Å²) in [6, 6.07) is 6.16. The highest BCUT2D eigenvalue weighted by atomic mass is 31.1. The van der Waals surface area contributed by atoms with Gasteiger partial charge in [-0.1, -0.05) is 27.6 Å². The highest BCUT2D eigenvalue weighted by Gasteiger charge is 2.37. The molecule has 0 radical (unpaired) electrons. The number of likely N-dealkylation sites (tertiary alicyclic amines) is 1. The molecule has 25 heavy (non-hydrogen) atoms. The maximum absolute atomic E-state index is 13.0. The average molecular weight is 361 g/mol. The standard InChI is InChI=1S/C19H28N3O2P/c1-4-25-17-13-15(14(2)23)7-8-16(17)18-20(3)11-12-22(18)19(24)21-9-5-6-10-21/h7-8,13,18,25H,4-6,9-12H2,1-3H3. The third kappa shape index (κ3) is 3.73. The fourth-order valence-electron chi connectivity index (χ4n) is 3.79. The number of carbonyl (C=O) groups excluding carboxylic acids is 2. The fourth-order valence-corrected chi connectivity index (χ4v) is 4.84. The van der Waals surface area contributed by atoms with E-state index in [1.807, 2.05) is 21.9 Å². The van der Waals surface area contributed by atoms with Crippen LogP contribution >= 0.6 is 8.58 Å². The number of urea groups is 1. The molecule has 2 heterocycles. The molecule has 2 aliphatic heterocycles. The van der Waals surface area contributed by atoms with Crippen molar-refractivity contribution in [1.82, 2.24) is 14.7 Å². The summed E-state index contributed by atoms with van der Waals surface area (Å²) in [4.78, 5) is 31.0. The molecular weight excluding hydrogens is 333 g/mol. The van der Waals surface area contributed by atoms with Crippen molar-refractivity contribution in [2.24, 2.45) is 0 Å². The number of carbonyl (C=O) groups is 2. The summed E-state index contributed by atoms with van der Waals surface area (Å²) < 4.78 is 0. The van der Waals surface area contributed by atoms with Crippen LogP contribution in [-0.4, -0.2) is 65.9 Å². The van der Waals surface area contributed by atoms with Crippen molar-refractivity contribution >= 4 is 25.7 Å². The third-order valence-electron chi connectivity index (χ3n) is 5.13. The van der Waals surface area contributed by atoms with Gasteiger partial charge in [-0.2, -0.15) is 0 Å². The lowest BCUT2D eigenvalue weighted by molar-refractivity contribution is 0.101. The van der Waals surface area contributed by atoms with E-state index in [4.69, 9.17) is 0 Å². The van der Waals surface area contributed by atoms with E-state index in [1.54, 1.807) is 6.92 Å². The highest BCUT2D eigenvalue weighted by Crippen LogP contribution is 2.32. The van der Waals surface area contributed by atoms with E-state index in [0.717, 1.165) is 50.7 Å². The fraction of sp³-hybridized carbons (Fsp3) is 0.579. The van der Waals surface area contributed by atoms with E-state index in [1.165, 1.54) is 10.9 Å². The minimum Gasteiger partial charge on any atom is -0.325 e. The van der Waals surface area contributed by atoms with Gasteiger partial charge in [0.2, 0.25) is 0 Å². The number of Topliss-reactive ketones (excluding diaryl/α,β-unsaturated/α-hetero) is 1. The van der Waals surface area contributed by atoms with Gasteiger partial charge < -0.3 is 9.80 Å². The maximum atomic E-state index is 13.0. The molecule has 0 saturated carbocycles. The Morgan fingerprint density at radius 2 is 1.88 bits per heavy atom. The monoisotopic (exact) mass is 361 g/mol. The Morgan fingerprint density at radius 3 is 2.52 bits per heavy atom. The van der Waals surface area contributed by atoms with Crippen LogP contribution in [0.2, 0.25) is 0 Å². The predicted octanol–water partition coefficient (Wildman–Crippen LogP) is 2.67. The van der Waals surface area contributed by atoms with E-state index in [0.29, 0.717) is 8.58 Å². The molecule has 0 spiro atoms. The molecule has 0 N–H and O–H groups in total. The molecule has 2 atom stereocenters. The minimum absolute atomic E-state index is 0.0249. The number of rotatable bonds is 4. The Balaban J connectivity index is 1.93. The summed E-state index contributed by atoms with van der Waals surface area (Å²) in [6.45, 7) is 7.16. The van der Waals surface area contributed by atoms with Gasteiger partial charge in [0.15, 0.2) is 5.78 Å². The first-order valence-electron chi connectivity index (χ1n) is 9.17. The molecular formula is C19H28N3O2P. The highest BCUT2D eigenvalue weighted by molar-refractivity contribution is 7.47. The summed E-state index contributed by atoms with van der Waals surface area (Å²) in [5, 5.41) is 1.22. The Kier molecular flexibility index (Phi) is 5.75. The van der Waals surface area contributed by atoms with E-state index < -0.39 is 0 Å². The Labute approximate surface area is 152 Å². The second-order valence-corrected chi connectivity index (χ2v) is 8.51. The molecule has 0 bridgehead atoms. The number of amides is 2. The lowest BCUT2D eigenvalue weighted by atomic mass is 10.1. The minimum atomic E-state index is -0.0249. The molecule has 2 saturated heterocycles. The normalized spacial score (nSPS) is 21.6. The molecule has 0 aromatic heterocycles. The van der Waals surface area contributed by atoms with Gasteiger partial charge >= 0.3 is 6.03 Å². The molecule has 5 nitrogen and oxygen atoms in total. The van der Waals surface area contributed by atoms with Crippen molar-refractivity contribution in [2.75, 3.05) is 39.4 Å². The molecule has 2 fully saturated rings. The number of nitrogens with zero attached hydrogens (tertiary/aromatic N) is 3. The third-order valence-corrected chi connectivity index (χ3v) is 6.30. The molecule has 1 aromatic rings. The maximum Gasteiger partial charge on any atom is 0.321 e. The van der Waals surface area contributed by atoms with Gasteiger partial charge in [-0.15, -0.1) is 0 Å². The van der Waals surface area contributed by atoms with Crippen LogP contribution in [0.5, 0.6) is 0 Å². The van der Waals surface area contributed by atoms with Gasteiger partial charge in [0.1, 0.15) is 6.17 Å². The van der Waals surface area contributed by atoms with Crippen LogP contribution in [0.15, 0.2) is 18.2 Å². The van der Waals surface area contributed by atoms with Crippen LogP contribution < -0.4 is 5.30 Å². The van der Waals surface area contributed by atoms with Gasteiger partial charge in [0.25, 0.3) is 0 Å². The van der Waals surface area contributed by atoms with E-state index in [2.05, 4.69) is 24.9 Å². The zero-order valence-electron chi connectivity index (χ0n) is 15.4. The Bertz CT molecular complexity index is 658. The Morgan fingerprint density at radius 1 is 1.16 bits per heavy atom. The topological polar surface area (TPSA) is 43.9 Å². The summed E-state index contributed by atoms with van der Waals surface area (Å²) in [7, 11) is 2.73. The first-order valence-corrected chi connectivity index (χ1v) is 10.4. The van der Waals surface area contributed by atoms with Crippen LogP contribution in [0.25, 0.3) is 0 Å². The number of likely N-dealkylation sites (N-methyl/N-ethyl adjacent to an activating group) is 1. The zero-order valence-corrected chi connectivity index (χ0v) is 16.4. The SMILES string of the molecule is CCPc1cc(C(C)=O)ccc1C1N(C)CCN1C(=O)N1CCCC1. The van der Waals surface area contributed by atoms with Gasteiger partial charge in [0.05, 0.1) is 0 Å². The van der Waals surface area contributed by atoms with Crippen LogP contribution in [0.1, 0.15) is 48.8 Å². The largest absolute Gasteiger partial charge is 0.325 e. The molecule has 2 aliphatic rings. The van der Waals surface area contributed by atoms with Gasteiger partial charge in [-0.05, 0) is 49.9 Å². The van der Waals surface area contributed by atoms with Crippen molar-refractivity contribution in [3.05, 3.63) is 29.3 Å². The average Bonchev–Trinajstić information content (AvgIpc) is 3.24.